The number of unbranched alkanes of at least 4 members (excludes halogenated alkanes) is 1. The molecule has 0 saturated heterocycles. The fraction of sp³-hybridized carbons (Fsp3) is 0.467. The second kappa shape index (κ2) is 9.37. The third-order valence-corrected chi connectivity index (χ3v) is 3.13. The van der Waals surface area contributed by atoms with E-state index < -0.39 is 0 Å². The molecule has 2 amide bonds. The van der Waals surface area contributed by atoms with E-state index in [4.69, 9.17) is 17.3 Å². The molecule has 0 unspecified atom stereocenters. The third-order valence-electron chi connectivity index (χ3n) is 2.90. The summed E-state index contributed by atoms with van der Waals surface area (Å²) in [4.78, 5) is 23.6. The molecule has 6 heteroatoms. The van der Waals surface area contributed by atoms with E-state index in [1.54, 1.807) is 18.2 Å². The molecular weight excluding hydrogens is 290 g/mol. The van der Waals surface area contributed by atoms with Crippen molar-refractivity contribution in [3.8, 4) is 0 Å². The van der Waals surface area contributed by atoms with Gasteiger partial charge in [-0.3, -0.25) is 9.59 Å². The molecule has 4 N–H and O–H groups in total. The number of nitrogens with two attached hydrogens (primary N) is 1. The van der Waals surface area contributed by atoms with Gasteiger partial charge in [0.1, 0.15) is 0 Å². The molecule has 5 nitrogen and oxygen atoms in total. The fourth-order valence-corrected chi connectivity index (χ4v) is 1.93. The molecule has 116 valence electrons. The lowest BCUT2D eigenvalue weighted by Crippen LogP contribution is -2.17. The molecule has 1 aromatic rings. The molecule has 0 spiro atoms. The van der Waals surface area contributed by atoms with Crippen LogP contribution in [0.1, 0.15) is 39.0 Å². The van der Waals surface area contributed by atoms with Crippen LogP contribution < -0.4 is 16.4 Å². The zero-order chi connectivity index (χ0) is 15.7. The monoisotopic (exact) mass is 311 g/mol. The van der Waals surface area contributed by atoms with Crippen molar-refractivity contribution in [2.24, 2.45) is 5.73 Å². The minimum atomic E-state index is -0.147. The zero-order valence-electron chi connectivity index (χ0n) is 12.2. The minimum Gasteiger partial charge on any atom is -0.330 e. The molecule has 1 rings (SSSR count). The number of hydrogen-bond acceptors (Lipinski definition) is 3. The molecule has 0 bridgehead atoms. The van der Waals surface area contributed by atoms with Crippen LogP contribution in [0.25, 0.3) is 0 Å². The average molecular weight is 312 g/mol. The first-order valence-corrected chi connectivity index (χ1v) is 7.54. The number of benzene rings is 1. The van der Waals surface area contributed by atoms with Crippen molar-refractivity contribution in [2.45, 2.75) is 39.0 Å². The van der Waals surface area contributed by atoms with Gasteiger partial charge in [-0.2, -0.15) is 0 Å². The molecule has 0 saturated carbocycles. The van der Waals surface area contributed by atoms with Gasteiger partial charge in [-0.15, -0.1) is 0 Å². The highest BCUT2D eigenvalue weighted by atomic mass is 35.5. The zero-order valence-corrected chi connectivity index (χ0v) is 13.0. The van der Waals surface area contributed by atoms with Crippen LogP contribution in [-0.4, -0.2) is 18.4 Å². The molecule has 0 aliphatic rings. The van der Waals surface area contributed by atoms with Crippen LogP contribution in [0.5, 0.6) is 0 Å². The minimum absolute atomic E-state index is 0.0726. The summed E-state index contributed by atoms with van der Waals surface area (Å²) in [6.45, 7) is 2.49. The highest BCUT2D eigenvalue weighted by Gasteiger charge is 2.10. The van der Waals surface area contributed by atoms with Crippen LogP contribution in [0.4, 0.5) is 11.4 Å². The van der Waals surface area contributed by atoms with Crippen LogP contribution >= 0.6 is 11.6 Å². The summed E-state index contributed by atoms with van der Waals surface area (Å²) in [5.41, 5.74) is 6.44. The Kier molecular flexibility index (Phi) is 7.79. The fourth-order valence-electron chi connectivity index (χ4n) is 1.75. The first-order chi connectivity index (χ1) is 10.1. The first kappa shape index (κ1) is 17.5. The summed E-state index contributed by atoms with van der Waals surface area (Å²) >= 11 is 5.94. The highest BCUT2D eigenvalue weighted by molar-refractivity contribution is 6.31. The second-order valence-corrected chi connectivity index (χ2v) is 5.22. The van der Waals surface area contributed by atoms with Crippen molar-refractivity contribution >= 4 is 34.8 Å². The van der Waals surface area contributed by atoms with Crippen LogP contribution in [0.3, 0.4) is 0 Å². The van der Waals surface area contributed by atoms with E-state index in [-0.39, 0.29) is 11.8 Å². The number of halogens is 1. The summed E-state index contributed by atoms with van der Waals surface area (Å²) in [6, 6.07) is 4.98. The lowest BCUT2D eigenvalue weighted by Gasteiger charge is -2.13. The van der Waals surface area contributed by atoms with Crippen LogP contribution in [0, 0.1) is 0 Å². The first-order valence-electron chi connectivity index (χ1n) is 7.16. The molecule has 21 heavy (non-hydrogen) atoms. The molecule has 0 atom stereocenters. The van der Waals surface area contributed by atoms with Crippen molar-refractivity contribution in [3.63, 3.8) is 0 Å². The van der Waals surface area contributed by atoms with Crippen molar-refractivity contribution in [3.05, 3.63) is 23.2 Å². The Balaban J connectivity index is 2.74. The van der Waals surface area contributed by atoms with Crippen LogP contribution in [0.2, 0.25) is 5.02 Å². The van der Waals surface area contributed by atoms with E-state index in [0.717, 1.165) is 12.8 Å². The van der Waals surface area contributed by atoms with Gasteiger partial charge in [0.15, 0.2) is 0 Å². The van der Waals surface area contributed by atoms with Crippen molar-refractivity contribution in [2.75, 3.05) is 17.2 Å². The normalized spacial score (nSPS) is 10.2. The Hall–Kier alpha value is -1.59. The molecule has 0 fully saturated rings. The van der Waals surface area contributed by atoms with E-state index >= 15 is 0 Å². The number of hydrogen-bond donors (Lipinski definition) is 3. The highest BCUT2D eigenvalue weighted by Crippen LogP contribution is 2.26. The summed E-state index contributed by atoms with van der Waals surface area (Å²) in [5, 5.41) is 6.05. The summed E-state index contributed by atoms with van der Waals surface area (Å²) < 4.78 is 0. The van der Waals surface area contributed by atoms with Crippen molar-refractivity contribution in [1.82, 2.24) is 0 Å². The number of rotatable bonds is 8. The topological polar surface area (TPSA) is 84.2 Å². The number of carbonyl (C=O) groups excluding carboxylic acids is 2. The molecule has 0 heterocycles. The van der Waals surface area contributed by atoms with Gasteiger partial charge in [-0.25, -0.2) is 0 Å². The standard InChI is InChI=1S/C15H22ClN3O2/c1-2-3-5-14(20)18-12-8-7-11(16)10-13(12)19-15(21)6-4-9-17/h7-8,10H,2-6,9,17H2,1H3,(H,18,20)(H,19,21). The summed E-state index contributed by atoms with van der Waals surface area (Å²) in [7, 11) is 0. The largest absolute Gasteiger partial charge is 0.330 e. The number of anilines is 2. The maximum absolute atomic E-state index is 11.8. The molecule has 0 aliphatic heterocycles. The smallest absolute Gasteiger partial charge is 0.224 e. The van der Waals surface area contributed by atoms with Gasteiger partial charge in [-0.1, -0.05) is 24.9 Å². The predicted molar refractivity (Wildman–Crippen MR) is 86.5 cm³/mol. The molecule has 0 aliphatic carbocycles. The van der Waals surface area contributed by atoms with Crippen molar-refractivity contribution < 1.29 is 9.59 Å². The Morgan fingerprint density at radius 1 is 1.10 bits per heavy atom. The lowest BCUT2D eigenvalue weighted by molar-refractivity contribution is -0.117. The van der Waals surface area contributed by atoms with Crippen LogP contribution in [0.15, 0.2) is 18.2 Å². The van der Waals surface area contributed by atoms with Gasteiger partial charge < -0.3 is 16.4 Å². The second-order valence-electron chi connectivity index (χ2n) is 4.78. The Morgan fingerprint density at radius 3 is 2.33 bits per heavy atom. The maximum atomic E-state index is 11.8. The van der Waals surface area contributed by atoms with Gasteiger partial charge in [0.25, 0.3) is 0 Å². The number of nitrogens with one attached hydrogen (secondary N) is 2. The third kappa shape index (κ3) is 6.60. The Labute approximate surface area is 130 Å². The van der Waals surface area contributed by atoms with E-state index in [1.807, 2.05) is 6.92 Å². The SMILES string of the molecule is CCCCC(=O)Nc1ccc(Cl)cc1NC(=O)CCCN. The van der Waals surface area contributed by atoms with Gasteiger partial charge in [0.05, 0.1) is 11.4 Å². The summed E-state index contributed by atoms with van der Waals surface area (Å²) in [6.07, 6.45) is 3.20. The Bertz CT molecular complexity index is 492. The molecule has 1 aromatic carbocycles. The predicted octanol–water partition coefficient (Wildman–Crippen LogP) is 3.15. The van der Waals surface area contributed by atoms with Gasteiger partial charge in [0, 0.05) is 17.9 Å². The van der Waals surface area contributed by atoms with Crippen LogP contribution in [-0.2, 0) is 9.59 Å². The van der Waals surface area contributed by atoms with Gasteiger partial charge in [0.2, 0.25) is 11.8 Å². The number of carbonyl (C=O) groups is 2. The molecule has 0 aromatic heterocycles. The van der Waals surface area contributed by atoms with E-state index in [2.05, 4.69) is 10.6 Å². The lowest BCUT2D eigenvalue weighted by atomic mass is 10.2. The van der Waals surface area contributed by atoms with Gasteiger partial charge in [-0.05, 0) is 37.6 Å². The summed E-state index contributed by atoms with van der Waals surface area (Å²) in [5.74, 6) is -0.219. The number of amides is 2. The molecule has 0 radical (unpaired) electrons. The Morgan fingerprint density at radius 2 is 1.71 bits per heavy atom. The van der Waals surface area contributed by atoms with E-state index in [1.165, 1.54) is 0 Å². The van der Waals surface area contributed by atoms with Gasteiger partial charge >= 0.3 is 0 Å². The van der Waals surface area contributed by atoms with E-state index in [9.17, 15) is 9.59 Å². The maximum Gasteiger partial charge on any atom is 0.224 e. The van der Waals surface area contributed by atoms with E-state index in [0.29, 0.717) is 42.2 Å². The quantitative estimate of drug-likeness (QED) is 0.689. The molecular formula is C15H22ClN3O2. The average Bonchev–Trinajstić information content (AvgIpc) is 2.45. The van der Waals surface area contributed by atoms with Crippen molar-refractivity contribution in [1.29, 1.82) is 0 Å².